The van der Waals surface area contributed by atoms with Crippen LogP contribution >= 0.6 is 0 Å². The first-order valence-electron chi connectivity index (χ1n) is 8.36. The van der Waals surface area contributed by atoms with Crippen molar-refractivity contribution in [3.63, 3.8) is 0 Å². The van der Waals surface area contributed by atoms with Crippen LogP contribution in [0.3, 0.4) is 0 Å². The number of aryl methyl sites for hydroxylation is 1. The molecule has 152 valence electrons. The molecule has 0 bridgehead atoms. The quantitative estimate of drug-likeness (QED) is 0.593. The van der Waals surface area contributed by atoms with Crippen molar-refractivity contribution < 1.29 is 31.5 Å². The molecule has 0 aliphatic heterocycles. The van der Waals surface area contributed by atoms with Gasteiger partial charge in [-0.3, -0.25) is 4.79 Å². The maximum Gasteiger partial charge on any atom is 0.341 e. The average molecular weight is 422 g/mol. The molecular weight excluding hydrogens is 406 g/mol. The highest BCUT2D eigenvalue weighted by Crippen LogP contribution is 2.23. The number of aromatic amines is 1. The van der Waals surface area contributed by atoms with E-state index in [1.165, 1.54) is 12.1 Å². The first kappa shape index (κ1) is 20.5. The molecule has 29 heavy (non-hydrogen) atoms. The lowest BCUT2D eigenvalue weighted by Crippen LogP contribution is -2.21. The Hall–Kier alpha value is -3.27. The molecule has 0 saturated carbocycles. The van der Waals surface area contributed by atoms with Gasteiger partial charge in [0.05, 0.1) is 10.5 Å². The number of hydrogen-bond acceptors (Lipinski definition) is 5. The normalized spacial score (nSPS) is 11.6. The van der Waals surface area contributed by atoms with Crippen molar-refractivity contribution in [2.45, 2.75) is 17.6 Å². The summed E-state index contributed by atoms with van der Waals surface area (Å²) in [4.78, 5) is 26.8. The van der Waals surface area contributed by atoms with Gasteiger partial charge in [-0.2, -0.15) is 8.78 Å². The van der Waals surface area contributed by atoms with Gasteiger partial charge < -0.3 is 15.0 Å². The summed E-state index contributed by atoms with van der Waals surface area (Å²) in [6.07, 6.45) is 0. The third-order valence-electron chi connectivity index (χ3n) is 4.13. The number of benzene rings is 2. The summed E-state index contributed by atoms with van der Waals surface area (Å²) in [5.41, 5.74) is 1.87. The van der Waals surface area contributed by atoms with E-state index in [1.807, 2.05) is 12.1 Å². The second kappa shape index (κ2) is 8.00. The number of carbonyl (C=O) groups is 2. The Morgan fingerprint density at radius 3 is 2.41 bits per heavy atom. The number of H-pyrrole nitrogens is 1. The highest BCUT2D eigenvalue weighted by molar-refractivity contribution is 7.91. The molecule has 7 nitrogen and oxygen atoms in total. The summed E-state index contributed by atoms with van der Waals surface area (Å²) in [5, 5.41) is 3.07. The van der Waals surface area contributed by atoms with Crippen molar-refractivity contribution in [3.05, 3.63) is 59.8 Å². The highest BCUT2D eigenvalue weighted by atomic mass is 32.2. The van der Waals surface area contributed by atoms with Crippen LogP contribution in [0.1, 0.15) is 16.1 Å². The Balaban J connectivity index is 1.63. The highest BCUT2D eigenvalue weighted by Gasteiger charge is 2.26. The van der Waals surface area contributed by atoms with Crippen LogP contribution in [0.2, 0.25) is 0 Å². The summed E-state index contributed by atoms with van der Waals surface area (Å²) in [6, 6.07) is 11.4. The van der Waals surface area contributed by atoms with Crippen LogP contribution in [0.15, 0.2) is 53.4 Å². The van der Waals surface area contributed by atoms with E-state index in [2.05, 4.69) is 10.3 Å². The van der Waals surface area contributed by atoms with Crippen molar-refractivity contribution in [3.8, 4) is 0 Å². The Morgan fingerprint density at radius 1 is 1.10 bits per heavy atom. The lowest BCUT2D eigenvalue weighted by atomic mass is 10.1. The van der Waals surface area contributed by atoms with Crippen molar-refractivity contribution in [2.24, 2.45) is 0 Å². The average Bonchev–Trinajstić information content (AvgIpc) is 3.02. The predicted octanol–water partition coefficient (Wildman–Crippen LogP) is 3.27. The molecule has 10 heteroatoms. The standard InChI is InChI=1S/C19H16F2N2O5S/c1-11-17(14-4-2-3-5-15(14)22-11)18(25)28-10-16(24)23-12-6-8-13(9-7-12)29(26,27)19(20)21/h2-9,19,22H,10H2,1H3,(H,23,24). The number of aromatic nitrogens is 1. The van der Waals surface area contributed by atoms with Gasteiger partial charge in [0.2, 0.25) is 9.84 Å². The number of esters is 1. The number of carbonyl (C=O) groups excluding carboxylic acids is 2. The Bertz CT molecular complexity index is 1170. The Kier molecular flexibility index (Phi) is 5.64. The van der Waals surface area contributed by atoms with Gasteiger partial charge in [-0.1, -0.05) is 18.2 Å². The van der Waals surface area contributed by atoms with Crippen LogP contribution in [-0.2, 0) is 19.4 Å². The summed E-state index contributed by atoms with van der Waals surface area (Å²) in [7, 11) is -4.71. The zero-order chi connectivity index (χ0) is 21.2. The first-order chi connectivity index (χ1) is 13.7. The van der Waals surface area contributed by atoms with Gasteiger partial charge >= 0.3 is 11.7 Å². The molecule has 3 rings (SSSR count). The minimum absolute atomic E-state index is 0.169. The molecule has 0 spiro atoms. The van der Waals surface area contributed by atoms with Crippen molar-refractivity contribution in [1.82, 2.24) is 4.98 Å². The monoisotopic (exact) mass is 422 g/mol. The van der Waals surface area contributed by atoms with E-state index >= 15 is 0 Å². The molecule has 0 unspecified atom stereocenters. The topological polar surface area (TPSA) is 105 Å². The fourth-order valence-corrected chi connectivity index (χ4v) is 3.49. The van der Waals surface area contributed by atoms with Crippen LogP contribution in [0, 0.1) is 6.92 Å². The summed E-state index contributed by atoms with van der Waals surface area (Å²) >= 11 is 0. The molecule has 1 amide bonds. The second-order valence-electron chi connectivity index (χ2n) is 6.12. The summed E-state index contributed by atoms with van der Waals surface area (Å²) in [6.45, 7) is 1.14. The fraction of sp³-hybridized carbons (Fsp3) is 0.158. The molecule has 0 saturated heterocycles. The Labute approximate surface area is 164 Å². The molecule has 2 aromatic carbocycles. The van der Waals surface area contributed by atoms with E-state index in [-0.39, 0.29) is 5.69 Å². The molecule has 0 radical (unpaired) electrons. The van der Waals surface area contributed by atoms with E-state index < -0.39 is 39.0 Å². The molecule has 2 N–H and O–H groups in total. The molecule has 0 fully saturated rings. The van der Waals surface area contributed by atoms with Crippen molar-refractivity contribution in [1.29, 1.82) is 0 Å². The Morgan fingerprint density at radius 2 is 1.76 bits per heavy atom. The molecule has 0 aliphatic carbocycles. The lowest BCUT2D eigenvalue weighted by Gasteiger charge is -2.08. The van der Waals surface area contributed by atoms with Gasteiger partial charge in [-0.25, -0.2) is 13.2 Å². The fourth-order valence-electron chi connectivity index (χ4n) is 2.77. The summed E-state index contributed by atoms with van der Waals surface area (Å²) < 4.78 is 52.8. The SMILES string of the molecule is Cc1[nH]c2ccccc2c1C(=O)OCC(=O)Nc1ccc(S(=O)(=O)C(F)F)cc1. The minimum atomic E-state index is -4.71. The number of sulfone groups is 1. The van der Waals surface area contributed by atoms with E-state index in [9.17, 15) is 26.8 Å². The third-order valence-corrected chi connectivity index (χ3v) is 5.53. The van der Waals surface area contributed by atoms with E-state index in [4.69, 9.17) is 4.74 Å². The number of rotatable bonds is 6. The number of nitrogens with one attached hydrogen (secondary N) is 2. The van der Waals surface area contributed by atoms with Gasteiger partial charge in [-0.05, 0) is 37.3 Å². The lowest BCUT2D eigenvalue weighted by molar-refractivity contribution is -0.119. The van der Waals surface area contributed by atoms with Gasteiger partial charge in [0.25, 0.3) is 5.91 Å². The maximum atomic E-state index is 12.5. The zero-order valence-electron chi connectivity index (χ0n) is 15.1. The zero-order valence-corrected chi connectivity index (χ0v) is 15.9. The maximum absolute atomic E-state index is 12.5. The van der Waals surface area contributed by atoms with E-state index in [0.29, 0.717) is 16.6 Å². The number of para-hydroxylation sites is 1. The van der Waals surface area contributed by atoms with Crippen LogP contribution < -0.4 is 5.32 Å². The van der Waals surface area contributed by atoms with Gasteiger partial charge in [0.1, 0.15) is 0 Å². The largest absolute Gasteiger partial charge is 0.452 e. The van der Waals surface area contributed by atoms with Crippen LogP contribution in [0.5, 0.6) is 0 Å². The third kappa shape index (κ3) is 4.27. The molecular formula is C19H16F2N2O5S. The first-order valence-corrected chi connectivity index (χ1v) is 9.91. The number of amides is 1. The minimum Gasteiger partial charge on any atom is -0.452 e. The smallest absolute Gasteiger partial charge is 0.341 e. The van der Waals surface area contributed by atoms with Crippen LogP contribution in [0.4, 0.5) is 14.5 Å². The second-order valence-corrected chi connectivity index (χ2v) is 8.04. The number of fused-ring (bicyclic) bond motifs is 1. The molecule has 0 atom stereocenters. The van der Waals surface area contributed by atoms with E-state index in [1.54, 1.807) is 19.1 Å². The number of ether oxygens (including phenoxy) is 1. The number of anilines is 1. The molecule has 1 heterocycles. The van der Waals surface area contributed by atoms with E-state index in [0.717, 1.165) is 17.6 Å². The number of halogens is 2. The molecule has 0 aliphatic rings. The van der Waals surface area contributed by atoms with Crippen LogP contribution in [0.25, 0.3) is 10.9 Å². The van der Waals surface area contributed by atoms with Crippen molar-refractivity contribution in [2.75, 3.05) is 11.9 Å². The summed E-state index contributed by atoms with van der Waals surface area (Å²) in [5.74, 6) is -4.87. The van der Waals surface area contributed by atoms with Gasteiger partial charge in [-0.15, -0.1) is 0 Å². The number of alkyl halides is 2. The molecule has 3 aromatic rings. The van der Waals surface area contributed by atoms with Crippen LogP contribution in [-0.4, -0.2) is 37.6 Å². The van der Waals surface area contributed by atoms with Gasteiger partial charge in [0.15, 0.2) is 6.61 Å². The van der Waals surface area contributed by atoms with Crippen molar-refractivity contribution >= 4 is 38.3 Å². The predicted molar refractivity (Wildman–Crippen MR) is 102 cm³/mol. The number of hydrogen-bond donors (Lipinski definition) is 2. The molecule has 1 aromatic heterocycles. The van der Waals surface area contributed by atoms with Gasteiger partial charge in [0, 0.05) is 22.3 Å².